The monoisotopic (exact) mass is 249 g/mol. The van der Waals surface area contributed by atoms with Crippen LogP contribution in [0.5, 0.6) is 0 Å². The minimum Gasteiger partial charge on any atom is -0.263 e. The van der Waals surface area contributed by atoms with Crippen LogP contribution < -0.4 is 4.57 Å². The van der Waals surface area contributed by atoms with Crippen LogP contribution in [0.4, 0.5) is 0 Å². The molecular weight excluding hydrogens is 228 g/mol. The van der Waals surface area contributed by atoms with E-state index in [0.717, 1.165) is 12.4 Å². The predicted molar refractivity (Wildman–Crippen MR) is 66.8 cm³/mol. The number of nitrogens with zero attached hydrogens (tertiary/aromatic N) is 5. The zero-order valence-electron chi connectivity index (χ0n) is 11.7. The summed E-state index contributed by atoms with van der Waals surface area (Å²) < 4.78 is 4.04. The van der Waals surface area contributed by atoms with Gasteiger partial charge in [-0.2, -0.15) is 5.10 Å². The third-order valence-electron chi connectivity index (χ3n) is 2.97. The van der Waals surface area contributed by atoms with Gasteiger partial charge in [0.15, 0.2) is 0 Å². The fourth-order valence-electron chi connectivity index (χ4n) is 1.76. The van der Waals surface area contributed by atoms with Crippen molar-refractivity contribution in [3.8, 4) is 0 Å². The van der Waals surface area contributed by atoms with Gasteiger partial charge < -0.3 is 0 Å². The molecule has 0 spiro atoms. The zero-order valence-corrected chi connectivity index (χ0v) is 11.7. The minimum absolute atomic E-state index is 0.0502. The highest BCUT2D eigenvalue weighted by Gasteiger charge is 2.29. The number of nitrogens with one attached hydrogen (secondary N) is 1. The van der Waals surface area contributed by atoms with Gasteiger partial charge in [0, 0.05) is 5.10 Å². The number of aromatic nitrogens is 6. The van der Waals surface area contributed by atoms with Crippen LogP contribution in [0.15, 0.2) is 19.0 Å². The van der Waals surface area contributed by atoms with E-state index in [9.17, 15) is 0 Å². The molecular formula is C12H21N6+. The van der Waals surface area contributed by atoms with E-state index in [4.69, 9.17) is 0 Å². The highest BCUT2D eigenvalue weighted by atomic mass is 15.4. The van der Waals surface area contributed by atoms with Crippen molar-refractivity contribution in [3.05, 3.63) is 24.8 Å². The molecule has 0 saturated heterocycles. The molecule has 2 aromatic rings. The Bertz CT molecular complexity index is 503. The van der Waals surface area contributed by atoms with Crippen LogP contribution in [0, 0.1) is 0 Å². The highest BCUT2D eigenvalue weighted by Crippen LogP contribution is 2.20. The van der Waals surface area contributed by atoms with E-state index in [1.54, 1.807) is 0 Å². The summed E-state index contributed by atoms with van der Waals surface area (Å²) in [5, 5.41) is 11.2. The predicted octanol–water partition coefficient (Wildman–Crippen LogP) is 1.02. The molecule has 0 radical (unpaired) electrons. The molecule has 1 N–H and O–H groups in total. The maximum Gasteiger partial charge on any atom is 0.265 e. The van der Waals surface area contributed by atoms with E-state index in [-0.39, 0.29) is 11.0 Å². The first-order valence-electron chi connectivity index (χ1n) is 6.09. The average molecular weight is 249 g/mol. The molecule has 2 aromatic heterocycles. The van der Waals surface area contributed by atoms with Crippen molar-refractivity contribution >= 4 is 0 Å². The van der Waals surface area contributed by atoms with Crippen LogP contribution in [0.1, 0.15) is 40.4 Å². The third-order valence-corrected chi connectivity index (χ3v) is 2.97. The molecule has 0 aliphatic carbocycles. The first-order valence-corrected chi connectivity index (χ1v) is 6.09. The summed E-state index contributed by atoms with van der Waals surface area (Å²) in [6, 6.07) is 0. The fraction of sp³-hybridized carbons (Fsp3) is 0.667. The summed E-state index contributed by atoms with van der Waals surface area (Å²) in [6.07, 6.45) is 5.42. The quantitative estimate of drug-likeness (QED) is 0.826. The summed E-state index contributed by atoms with van der Waals surface area (Å²) >= 11 is 0. The number of H-pyrrole nitrogens is 1. The fourth-order valence-corrected chi connectivity index (χ4v) is 1.76. The van der Waals surface area contributed by atoms with Crippen molar-refractivity contribution in [1.82, 2.24) is 25.0 Å². The Balaban J connectivity index is 2.17. The van der Waals surface area contributed by atoms with Crippen LogP contribution in [0.3, 0.4) is 0 Å². The van der Waals surface area contributed by atoms with Gasteiger partial charge in [0.2, 0.25) is 6.33 Å². The molecule has 2 rings (SSSR count). The van der Waals surface area contributed by atoms with Gasteiger partial charge in [-0.25, -0.2) is 9.55 Å². The van der Waals surface area contributed by atoms with Gasteiger partial charge in [-0.05, 0) is 34.6 Å². The van der Waals surface area contributed by atoms with Crippen molar-refractivity contribution in [2.45, 2.75) is 52.1 Å². The van der Waals surface area contributed by atoms with Crippen molar-refractivity contribution < 1.29 is 4.57 Å². The van der Waals surface area contributed by atoms with Crippen LogP contribution in [-0.2, 0) is 17.5 Å². The molecule has 0 atom stereocenters. The Morgan fingerprint density at radius 2 is 2.00 bits per heavy atom. The Morgan fingerprint density at radius 1 is 1.28 bits per heavy atom. The van der Waals surface area contributed by atoms with Crippen LogP contribution >= 0.6 is 0 Å². The standard InChI is InChI=1S/C12H21N6/c1-11(2,3)17-8-15-18(9-17)6-12(4,5)10-13-7-14-16-10/h7-9H,6H2,1-5H3,(H,13,14,16)/q+1. The summed E-state index contributed by atoms with van der Waals surface area (Å²) in [7, 11) is 0. The van der Waals surface area contributed by atoms with Gasteiger partial charge in [-0.15, -0.1) is 4.68 Å². The first kappa shape index (κ1) is 12.7. The molecule has 0 fully saturated rings. The van der Waals surface area contributed by atoms with Gasteiger partial charge in [-0.3, -0.25) is 5.10 Å². The Morgan fingerprint density at radius 3 is 2.50 bits per heavy atom. The van der Waals surface area contributed by atoms with E-state index in [2.05, 4.69) is 59.5 Å². The average Bonchev–Trinajstić information content (AvgIpc) is 2.83. The number of aromatic amines is 1. The van der Waals surface area contributed by atoms with E-state index in [1.165, 1.54) is 6.33 Å². The SMILES string of the molecule is CC(C)(Cn1c[n+](C(C)(C)C)cn1)c1ncn[nH]1. The summed E-state index contributed by atoms with van der Waals surface area (Å²) in [5.41, 5.74) is -0.0765. The lowest BCUT2D eigenvalue weighted by molar-refractivity contribution is -0.754. The third kappa shape index (κ3) is 2.57. The molecule has 0 aliphatic heterocycles. The molecule has 0 bridgehead atoms. The van der Waals surface area contributed by atoms with Crippen molar-refractivity contribution in [2.24, 2.45) is 0 Å². The largest absolute Gasteiger partial charge is 0.265 e. The topological polar surface area (TPSA) is 63.3 Å². The van der Waals surface area contributed by atoms with Crippen molar-refractivity contribution in [1.29, 1.82) is 0 Å². The lowest BCUT2D eigenvalue weighted by Gasteiger charge is -2.18. The smallest absolute Gasteiger partial charge is 0.263 e. The number of hydrogen-bond acceptors (Lipinski definition) is 3. The zero-order chi connectivity index (χ0) is 13.4. The molecule has 0 unspecified atom stereocenters. The molecule has 0 saturated carbocycles. The first-order chi connectivity index (χ1) is 8.29. The Kier molecular flexibility index (Phi) is 2.96. The van der Waals surface area contributed by atoms with Crippen LogP contribution in [-0.4, -0.2) is 25.0 Å². The van der Waals surface area contributed by atoms with Gasteiger partial charge >= 0.3 is 0 Å². The van der Waals surface area contributed by atoms with Gasteiger partial charge in [-0.1, -0.05) is 0 Å². The van der Waals surface area contributed by atoms with Crippen LogP contribution in [0.25, 0.3) is 0 Å². The summed E-state index contributed by atoms with van der Waals surface area (Å²) in [4.78, 5) is 4.23. The lowest BCUT2D eigenvalue weighted by atomic mass is 9.93. The number of hydrogen-bond donors (Lipinski definition) is 1. The Labute approximate surface area is 107 Å². The highest BCUT2D eigenvalue weighted by molar-refractivity contribution is 5.00. The normalized spacial score (nSPS) is 12.9. The second-order valence-electron chi connectivity index (χ2n) is 6.24. The van der Waals surface area contributed by atoms with E-state index >= 15 is 0 Å². The molecule has 18 heavy (non-hydrogen) atoms. The van der Waals surface area contributed by atoms with E-state index < -0.39 is 0 Å². The Hall–Kier alpha value is -1.72. The summed E-state index contributed by atoms with van der Waals surface area (Å²) in [5.74, 6) is 0.875. The molecule has 6 heteroatoms. The molecule has 0 aromatic carbocycles. The van der Waals surface area contributed by atoms with Gasteiger partial charge in [0.25, 0.3) is 6.33 Å². The van der Waals surface area contributed by atoms with Gasteiger partial charge in [0.05, 0.1) is 11.0 Å². The lowest BCUT2D eigenvalue weighted by Crippen LogP contribution is -2.48. The van der Waals surface area contributed by atoms with E-state index in [0.29, 0.717) is 0 Å². The van der Waals surface area contributed by atoms with Crippen LogP contribution in [0.2, 0.25) is 0 Å². The maximum atomic E-state index is 4.40. The minimum atomic E-state index is -0.127. The number of rotatable bonds is 3. The van der Waals surface area contributed by atoms with Crippen molar-refractivity contribution in [2.75, 3.05) is 0 Å². The second-order valence-corrected chi connectivity index (χ2v) is 6.24. The van der Waals surface area contributed by atoms with Crippen molar-refractivity contribution in [3.63, 3.8) is 0 Å². The molecule has 2 heterocycles. The van der Waals surface area contributed by atoms with E-state index in [1.807, 2.05) is 17.3 Å². The molecule has 0 aliphatic rings. The summed E-state index contributed by atoms with van der Waals surface area (Å²) in [6.45, 7) is 11.5. The second kappa shape index (κ2) is 4.19. The van der Waals surface area contributed by atoms with Gasteiger partial charge in [0.1, 0.15) is 18.7 Å². The molecule has 6 nitrogen and oxygen atoms in total. The molecule has 98 valence electrons. The maximum absolute atomic E-state index is 4.40. The molecule has 0 amide bonds.